The molecule has 0 spiro atoms. The maximum Gasteiger partial charge on any atom is 0.0424 e. The smallest absolute Gasteiger partial charge is 0.0424 e. The third-order valence-electron chi connectivity index (χ3n) is 4.64. The highest BCUT2D eigenvalue weighted by molar-refractivity contribution is 5.18. The van der Waals surface area contributed by atoms with Gasteiger partial charge in [-0.3, -0.25) is 0 Å². The van der Waals surface area contributed by atoms with Crippen LogP contribution in [0.15, 0.2) is 30.3 Å². The summed E-state index contributed by atoms with van der Waals surface area (Å²) in [7, 11) is 2.23. The number of hydrogen-bond donors (Lipinski definition) is 1. The van der Waals surface area contributed by atoms with E-state index in [-0.39, 0.29) is 6.04 Å². The first-order valence-corrected chi connectivity index (χ1v) is 7.49. The largest absolute Gasteiger partial charge is 0.323 e. The van der Waals surface area contributed by atoms with E-state index in [9.17, 15) is 0 Å². The van der Waals surface area contributed by atoms with Crippen molar-refractivity contribution in [3.63, 3.8) is 0 Å². The molecule has 0 saturated heterocycles. The molecule has 0 aliphatic heterocycles. The maximum atomic E-state index is 6.31. The van der Waals surface area contributed by atoms with Crippen LogP contribution in [0.5, 0.6) is 0 Å². The van der Waals surface area contributed by atoms with Crippen molar-refractivity contribution in [3.8, 4) is 0 Å². The van der Waals surface area contributed by atoms with Crippen LogP contribution in [0.4, 0.5) is 0 Å². The van der Waals surface area contributed by atoms with Crippen LogP contribution in [-0.2, 0) is 0 Å². The van der Waals surface area contributed by atoms with Crippen LogP contribution >= 0.6 is 0 Å². The molecule has 1 fully saturated rings. The van der Waals surface area contributed by atoms with Crippen molar-refractivity contribution in [1.82, 2.24) is 4.90 Å². The van der Waals surface area contributed by atoms with E-state index in [1.54, 1.807) is 0 Å². The fourth-order valence-electron chi connectivity index (χ4n) is 3.09. The normalized spacial score (nSPS) is 21.5. The molecule has 1 aliphatic carbocycles. The minimum atomic E-state index is 0.126. The number of nitrogens with zero attached hydrogens (tertiary/aromatic N) is 1. The van der Waals surface area contributed by atoms with Crippen LogP contribution in [0.2, 0.25) is 0 Å². The summed E-state index contributed by atoms with van der Waals surface area (Å²) in [5.74, 6) is 0. The van der Waals surface area contributed by atoms with Crippen molar-refractivity contribution in [2.24, 2.45) is 11.1 Å². The first-order chi connectivity index (χ1) is 8.98. The third-order valence-corrected chi connectivity index (χ3v) is 4.64. The summed E-state index contributed by atoms with van der Waals surface area (Å²) in [6.07, 6.45) is 5.29. The van der Waals surface area contributed by atoms with E-state index in [0.29, 0.717) is 11.5 Å². The second-order valence-corrected chi connectivity index (χ2v) is 6.85. The Bertz CT molecular complexity index is 376. The number of rotatable bonds is 4. The minimum Gasteiger partial charge on any atom is -0.323 e. The lowest BCUT2D eigenvalue weighted by molar-refractivity contribution is 0.123. The summed E-state index contributed by atoms with van der Waals surface area (Å²) in [6.45, 7) is 5.73. The topological polar surface area (TPSA) is 29.3 Å². The average Bonchev–Trinajstić information content (AvgIpc) is 2.39. The van der Waals surface area contributed by atoms with Crippen LogP contribution in [0.3, 0.4) is 0 Å². The standard InChI is InChI=1S/C17H28N2/c1-17(2)11-9-15(10-12-17)19(3)13-16(18)14-7-5-4-6-8-14/h4-8,15-16H,9-13,18H2,1-3H3. The van der Waals surface area contributed by atoms with Gasteiger partial charge in [-0.2, -0.15) is 0 Å². The van der Waals surface area contributed by atoms with E-state index < -0.39 is 0 Å². The van der Waals surface area contributed by atoms with Crippen molar-refractivity contribution >= 4 is 0 Å². The predicted octanol–water partition coefficient (Wildman–Crippen LogP) is 3.59. The molecule has 0 aromatic heterocycles. The predicted molar refractivity (Wildman–Crippen MR) is 82.0 cm³/mol. The van der Waals surface area contributed by atoms with Crippen molar-refractivity contribution in [2.45, 2.75) is 51.6 Å². The zero-order valence-electron chi connectivity index (χ0n) is 12.6. The Kier molecular flexibility index (Phi) is 4.64. The summed E-state index contributed by atoms with van der Waals surface area (Å²) in [5, 5.41) is 0. The summed E-state index contributed by atoms with van der Waals surface area (Å²) < 4.78 is 0. The van der Waals surface area contributed by atoms with Crippen molar-refractivity contribution in [2.75, 3.05) is 13.6 Å². The molecule has 19 heavy (non-hydrogen) atoms. The Morgan fingerprint density at radius 3 is 2.37 bits per heavy atom. The van der Waals surface area contributed by atoms with Crippen LogP contribution < -0.4 is 5.73 Å². The van der Waals surface area contributed by atoms with Gasteiger partial charge in [0.15, 0.2) is 0 Å². The molecule has 2 nitrogen and oxygen atoms in total. The van der Waals surface area contributed by atoms with E-state index in [1.165, 1.54) is 31.2 Å². The van der Waals surface area contributed by atoms with Crippen LogP contribution in [-0.4, -0.2) is 24.5 Å². The molecular weight excluding hydrogens is 232 g/mol. The molecular formula is C17H28N2. The molecule has 1 aromatic rings. The van der Waals surface area contributed by atoms with E-state index in [4.69, 9.17) is 5.73 Å². The second-order valence-electron chi connectivity index (χ2n) is 6.85. The lowest BCUT2D eigenvalue weighted by Gasteiger charge is -2.39. The van der Waals surface area contributed by atoms with Gasteiger partial charge in [0.05, 0.1) is 0 Å². The Labute approximate surface area is 118 Å². The van der Waals surface area contributed by atoms with Crippen LogP contribution in [0, 0.1) is 5.41 Å². The van der Waals surface area contributed by atoms with Gasteiger partial charge in [-0.1, -0.05) is 44.2 Å². The highest BCUT2D eigenvalue weighted by Gasteiger charge is 2.29. The van der Waals surface area contributed by atoms with Gasteiger partial charge < -0.3 is 10.6 Å². The average molecular weight is 260 g/mol. The van der Waals surface area contributed by atoms with Gasteiger partial charge in [-0.15, -0.1) is 0 Å². The summed E-state index contributed by atoms with van der Waals surface area (Å²) >= 11 is 0. The van der Waals surface area contributed by atoms with Crippen LogP contribution in [0.25, 0.3) is 0 Å². The first-order valence-electron chi connectivity index (χ1n) is 7.49. The summed E-state index contributed by atoms with van der Waals surface area (Å²) in [5.41, 5.74) is 8.10. The van der Waals surface area contributed by atoms with Gasteiger partial charge in [0.1, 0.15) is 0 Å². The molecule has 0 radical (unpaired) electrons. The number of benzene rings is 1. The Hall–Kier alpha value is -0.860. The number of likely N-dealkylation sites (N-methyl/N-ethyl adjacent to an activating group) is 1. The molecule has 2 N–H and O–H groups in total. The Morgan fingerprint density at radius 2 is 1.79 bits per heavy atom. The number of hydrogen-bond acceptors (Lipinski definition) is 2. The van der Waals surface area contributed by atoms with Gasteiger partial charge in [0.2, 0.25) is 0 Å². The molecule has 1 aliphatic rings. The lowest BCUT2D eigenvalue weighted by Crippen LogP contribution is -2.40. The molecule has 1 aromatic carbocycles. The van der Waals surface area contributed by atoms with Crippen molar-refractivity contribution in [3.05, 3.63) is 35.9 Å². The Morgan fingerprint density at radius 1 is 1.21 bits per heavy atom. The summed E-state index contributed by atoms with van der Waals surface area (Å²) in [6, 6.07) is 11.3. The van der Waals surface area contributed by atoms with E-state index in [2.05, 4.69) is 50.1 Å². The van der Waals surface area contributed by atoms with Crippen molar-refractivity contribution < 1.29 is 0 Å². The molecule has 1 unspecified atom stereocenters. The van der Waals surface area contributed by atoms with Gasteiger partial charge in [0, 0.05) is 18.6 Å². The Balaban J connectivity index is 1.86. The first kappa shape index (κ1) is 14.5. The minimum absolute atomic E-state index is 0.126. The lowest BCUT2D eigenvalue weighted by atomic mass is 9.75. The molecule has 106 valence electrons. The van der Waals surface area contributed by atoms with E-state index in [0.717, 1.165) is 6.54 Å². The fourth-order valence-corrected chi connectivity index (χ4v) is 3.09. The molecule has 1 saturated carbocycles. The maximum absolute atomic E-state index is 6.31. The molecule has 2 heteroatoms. The molecule has 2 rings (SSSR count). The van der Waals surface area contributed by atoms with Gasteiger partial charge in [-0.25, -0.2) is 0 Å². The van der Waals surface area contributed by atoms with Crippen LogP contribution in [0.1, 0.15) is 51.1 Å². The zero-order valence-corrected chi connectivity index (χ0v) is 12.6. The van der Waals surface area contributed by atoms with Gasteiger partial charge >= 0.3 is 0 Å². The molecule has 0 amide bonds. The molecule has 0 bridgehead atoms. The highest BCUT2D eigenvalue weighted by Crippen LogP contribution is 2.36. The monoisotopic (exact) mass is 260 g/mol. The molecule has 1 atom stereocenters. The molecule has 0 heterocycles. The highest BCUT2D eigenvalue weighted by atomic mass is 15.1. The zero-order chi connectivity index (χ0) is 13.9. The van der Waals surface area contributed by atoms with E-state index >= 15 is 0 Å². The van der Waals surface area contributed by atoms with E-state index in [1.807, 2.05) is 6.07 Å². The second kappa shape index (κ2) is 6.06. The quantitative estimate of drug-likeness (QED) is 0.896. The number of nitrogens with two attached hydrogens (primary N) is 1. The van der Waals surface area contributed by atoms with Gasteiger partial charge in [-0.05, 0) is 43.7 Å². The van der Waals surface area contributed by atoms with Gasteiger partial charge in [0.25, 0.3) is 0 Å². The third kappa shape index (κ3) is 4.05. The summed E-state index contributed by atoms with van der Waals surface area (Å²) in [4.78, 5) is 2.47. The van der Waals surface area contributed by atoms with Crippen molar-refractivity contribution in [1.29, 1.82) is 0 Å². The fraction of sp³-hybridized carbons (Fsp3) is 0.647. The SMILES string of the molecule is CN(CC(N)c1ccccc1)C1CCC(C)(C)CC1.